The maximum absolute atomic E-state index is 12.2. The van der Waals surface area contributed by atoms with Crippen LogP contribution in [0.2, 0.25) is 5.02 Å². The summed E-state index contributed by atoms with van der Waals surface area (Å²) in [4.78, 5) is 34.1. The minimum atomic E-state index is -0.738. The Morgan fingerprint density at radius 3 is 2.33 bits per heavy atom. The van der Waals surface area contributed by atoms with Crippen LogP contribution in [0.5, 0.6) is 0 Å². The summed E-state index contributed by atoms with van der Waals surface area (Å²) in [7, 11) is 0. The van der Waals surface area contributed by atoms with Crippen LogP contribution in [0.15, 0.2) is 65.1 Å². The van der Waals surface area contributed by atoms with Crippen molar-refractivity contribution in [2.75, 3.05) is 10.6 Å². The van der Waals surface area contributed by atoms with Crippen molar-refractivity contribution in [3.63, 3.8) is 0 Å². The predicted octanol–water partition coefficient (Wildman–Crippen LogP) is 4.35. The molecule has 0 aliphatic rings. The number of carbonyl (C=O) groups is 2. The fourth-order valence-electron chi connectivity index (χ4n) is 2.22. The number of rotatable bonds is 5. The fourth-order valence-corrected chi connectivity index (χ4v) is 2.45. The topological polar surface area (TPSA) is 114 Å². The van der Waals surface area contributed by atoms with Gasteiger partial charge in [0.05, 0.1) is 16.8 Å². The normalized spacial score (nSPS) is 10.3. The molecule has 9 heteroatoms. The Morgan fingerprint density at radius 2 is 1.70 bits per heavy atom. The quantitative estimate of drug-likeness (QED) is 0.500. The van der Waals surface area contributed by atoms with Crippen molar-refractivity contribution < 1.29 is 18.9 Å². The highest BCUT2D eigenvalue weighted by atomic mass is 35.5. The summed E-state index contributed by atoms with van der Waals surface area (Å²) in [5.41, 5.74) is 1.18. The maximum Gasteiger partial charge on any atom is 0.433 e. The highest BCUT2D eigenvalue weighted by Gasteiger charge is 2.18. The Labute approximate surface area is 157 Å². The predicted molar refractivity (Wildman–Crippen MR) is 99.2 cm³/mol. The molecular weight excluding hydrogens is 374 g/mol. The zero-order valence-corrected chi connectivity index (χ0v) is 14.4. The molecule has 136 valence electrons. The summed E-state index contributed by atoms with van der Waals surface area (Å²) in [6.07, 6.45) is 0. The van der Waals surface area contributed by atoms with Gasteiger partial charge in [0, 0.05) is 11.3 Å². The molecule has 8 nitrogen and oxygen atoms in total. The lowest BCUT2D eigenvalue weighted by Crippen LogP contribution is -2.13. The zero-order chi connectivity index (χ0) is 19.4. The molecule has 0 aliphatic heterocycles. The molecule has 0 unspecified atom stereocenters. The molecule has 2 aromatic carbocycles. The van der Waals surface area contributed by atoms with E-state index < -0.39 is 16.7 Å². The second-order valence-electron chi connectivity index (χ2n) is 5.36. The molecule has 27 heavy (non-hydrogen) atoms. The van der Waals surface area contributed by atoms with Gasteiger partial charge in [0.1, 0.15) is 4.92 Å². The monoisotopic (exact) mass is 385 g/mol. The molecule has 1 aromatic heterocycles. The second-order valence-corrected chi connectivity index (χ2v) is 5.77. The van der Waals surface area contributed by atoms with Crippen molar-refractivity contribution in [3.05, 3.63) is 87.1 Å². The van der Waals surface area contributed by atoms with Crippen LogP contribution in [-0.4, -0.2) is 16.7 Å². The molecule has 0 spiro atoms. The molecule has 0 aliphatic carbocycles. The summed E-state index contributed by atoms with van der Waals surface area (Å²) < 4.78 is 4.83. The minimum Gasteiger partial charge on any atom is -0.395 e. The molecule has 2 amide bonds. The van der Waals surface area contributed by atoms with Crippen molar-refractivity contribution in [1.29, 1.82) is 0 Å². The van der Waals surface area contributed by atoms with E-state index in [-0.39, 0.29) is 16.7 Å². The minimum absolute atomic E-state index is 0.209. The average molecular weight is 386 g/mol. The first-order valence-corrected chi connectivity index (χ1v) is 8.03. The molecule has 0 fully saturated rings. The van der Waals surface area contributed by atoms with Crippen molar-refractivity contribution in [1.82, 2.24) is 0 Å². The number of benzene rings is 2. The Balaban J connectivity index is 1.69. The van der Waals surface area contributed by atoms with Gasteiger partial charge in [-0.1, -0.05) is 29.8 Å². The van der Waals surface area contributed by atoms with Crippen LogP contribution in [0.4, 0.5) is 17.3 Å². The van der Waals surface area contributed by atoms with Crippen molar-refractivity contribution in [3.8, 4) is 0 Å². The Hall–Kier alpha value is -3.65. The van der Waals surface area contributed by atoms with Gasteiger partial charge in [0.25, 0.3) is 11.8 Å². The average Bonchev–Trinajstić information content (AvgIpc) is 3.15. The molecule has 0 saturated heterocycles. The number of hydrogen-bond acceptors (Lipinski definition) is 5. The zero-order valence-electron chi connectivity index (χ0n) is 13.6. The molecular formula is C18H12ClN3O5. The number of anilines is 2. The van der Waals surface area contributed by atoms with E-state index in [4.69, 9.17) is 16.0 Å². The standard InChI is InChI=1S/C18H12ClN3O5/c19-13-10-12(20-18(24)15-8-9-16(27-15)22(25)26)6-7-14(13)21-17(23)11-4-2-1-3-5-11/h1-10H,(H,20,24)(H,21,23). The molecule has 3 rings (SSSR count). The van der Waals surface area contributed by atoms with E-state index in [1.807, 2.05) is 0 Å². The van der Waals surface area contributed by atoms with Crippen LogP contribution < -0.4 is 10.6 Å². The number of furan rings is 1. The lowest BCUT2D eigenvalue weighted by atomic mass is 10.2. The van der Waals surface area contributed by atoms with E-state index in [1.54, 1.807) is 30.3 Å². The van der Waals surface area contributed by atoms with Gasteiger partial charge in [0.15, 0.2) is 5.76 Å². The van der Waals surface area contributed by atoms with Gasteiger partial charge in [-0.15, -0.1) is 0 Å². The van der Waals surface area contributed by atoms with Crippen molar-refractivity contribution >= 4 is 40.7 Å². The molecule has 3 aromatic rings. The summed E-state index contributed by atoms with van der Waals surface area (Å²) >= 11 is 6.16. The summed E-state index contributed by atoms with van der Waals surface area (Å²) in [5.74, 6) is -1.73. The van der Waals surface area contributed by atoms with Gasteiger partial charge in [-0.2, -0.15) is 0 Å². The van der Waals surface area contributed by atoms with E-state index in [2.05, 4.69) is 10.6 Å². The number of hydrogen-bond donors (Lipinski definition) is 2. The molecule has 1 heterocycles. The highest BCUT2D eigenvalue weighted by molar-refractivity contribution is 6.34. The van der Waals surface area contributed by atoms with Crippen LogP contribution in [0.1, 0.15) is 20.9 Å². The van der Waals surface area contributed by atoms with Gasteiger partial charge in [-0.05, 0) is 36.4 Å². The molecule has 2 N–H and O–H groups in total. The number of carbonyl (C=O) groups excluding carboxylic acids is 2. The largest absolute Gasteiger partial charge is 0.433 e. The number of nitrogens with zero attached hydrogens (tertiary/aromatic N) is 1. The number of amides is 2. The van der Waals surface area contributed by atoms with Crippen molar-refractivity contribution in [2.24, 2.45) is 0 Å². The van der Waals surface area contributed by atoms with E-state index in [0.717, 1.165) is 6.07 Å². The smallest absolute Gasteiger partial charge is 0.395 e. The van der Waals surface area contributed by atoms with Gasteiger partial charge < -0.3 is 15.1 Å². The molecule has 0 bridgehead atoms. The van der Waals surface area contributed by atoms with Gasteiger partial charge in [-0.3, -0.25) is 19.7 Å². The van der Waals surface area contributed by atoms with Crippen LogP contribution in [0.25, 0.3) is 0 Å². The van der Waals surface area contributed by atoms with Crippen LogP contribution >= 0.6 is 11.6 Å². The second kappa shape index (κ2) is 7.71. The maximum atomic E-state index is 12.2. The van der Waals surface area contributed by atoms with E-state index in [0.29, 0.717) is 16.9 Å². The molecule has 0 radical (unpaired) electrons. The van der Waals surface area contributed by atoms with Crippen LogP contribution in [0, 0.1) is 10.1 Å². The lowest BCUT2D eigenvalue weighted by Gasteiger charge is -2.09. The van der Waals surface area contributed by atoms with Crippen molar-refractivity contribution in [2.45, 2.75) is 0 Å². The first-order chi connectivity index (χ1) is 12.9. The summed E-state index contributed by atoms with van der Waals surface area (Å²) in [5, 5.41) is 16.0. The number of halogens is 1. The third-order valence-electron chi connectivity index (χ3n) is 3.51. The number of nitro groups is 1. The Morgan fingerprint density at radius 1 is 0.963 bits per heavy atom. The van der Waals surface area contributed by atoms with Crippen LogP contribution in [-0.2, 0) is 0 Å². The van der Waals surface area contributed by atoms with E-state index in [9.17, 15) is 19.7 Å². The molecule has 0 saturated carbocycles. The first kappa shape index (κ1) is 18.2. The Kier molecular flexibility index (Phi) is 5.18. The van der Waals surface area contributed by atoms with Crippen LogP contribution in [0.3, 0.4) is 0 Å². The summed E-state index contributed by atoms with van der Waals surface area (Å²) in [6.45, 7) is 0. The van der Waals surface area contributed by atoms with Gasteiger partial charge in [-0.25, -0.2) is 0 Å². The summed E-state index contributed by atoms with van der Waals surface area (Å²) in [6, 6.07) is 15.4. The van der Waals surface area contributed by atoms with E-state index >= 15 is 0 Å². The SMILES string of the molecule is O=C(Nc1ccc(NC(=O)c2ccc([N+](=O)[O-])o2)cc1Cl)c1ccccc1. The van der Waals surface area contributed by atoms with Gasteiger partial charge >= 0.3 is 5.88 Å². The van der Waals surface area contributed by atoms with Gasteiger partial charge in [0.2, 0.25) is 0 Å². The molecule has 0 atom stereocenters. The lowest BCUT2D eigenvalue weighted by molar-refractivity contribution is -0.402. The first-order valence-electron chi connectivity index (χ1n) is 7.65. The third-order valence-corrected chi connectivity index (χ3v) is 3.82. The fraction of sp³-hybridized carbons (Fsp3) is 0. The van der Waals surface area contributed by atoms with E-state index in [1.165, 1.54) is 24.3 Å². The third kappa shape index (κ3) is 4.31. The Bertz CT molecular complexity index is 1020. The highest BCUT2D eigenvalue weighted by Crippen LogP contribution is 2.26. The number of nitrogens with one attached hydrogen (secondary N) is 2.